The van der Waals surface area contributed by atoms with Crippen LogP contribution in [0.2, 0.25) is 0 Å². The number of aromatic nitrogens is 1. The van der Waals surface area contributed by atoms with Crippen LogP contribution in [-0.4, -0.2) is 10.6 Å². The van der Waals surface area contributed by atoms with Gasteiger partial charge < -0.3 is 9.88 Å². The molecule has 2 heteroatoms. The summed E-state index contributed by atoms with van der Waals surface area (Å²) in [6.07, 6.45) is 9.02. The molecule has 20 heavy (non-hydrogen) atoms. The highest BCUT2D eigenvalue weighted by molar-refractivity contribution is 5.37. The second-order valence-corrected chi connectivity index (χ2v) is 5.92. The molecule has 0 radical (unpaired) electrons. The van der Waals surface area contributed by atoms with Crippen LogP contribution in [-0.2, 0) is 6.54 Å². The van der Waals surface area contributed by atoms with Crippen LogP contribution in [0.1, 0.15) is 43.4 Å². The number of nitrogens with zero attached hydrogens (tertiary/aromatic N) is 1. The first-order valence-electron chi connectivity index (χ1n) is 7.79. The third kappa shape index (κ3) is 3.13. The van der Waals surface area contributed by atoms with Gasteiger partial charge in [0.25, 0.3) is 0 Å². The van der Waals surface area contributed by atoms with E-state index in [1.807, 2.05) is 0 Å². The molecule has 1 fully saturated rings. The van der Waals surface area contributed by atoms with Gasteiger partial charge in [0.2, 0.25) is 0 Å². The molecule has 0 unspecified atom stereocenters. The zero-order chi connectivity index (χ0) is 13.8. The van der Waals surface area contributed by atoms with Gasteiger partial charge in [0.1, 0.15) is 0 Å². The first-order valence-corrected chi connectivity index (χ1v) is 7.79. The Morgan fingerprint density at radius 3 is 2.55 bits per heavy atom. The van der Waals surface area contributed by atoms with E-state index in [9.17, 15) is 0 Å². The smallest absolute Gasteiger partial charge is 0.0453 e. The molecule has 2 aromatic rings. The fourth-order valence-corrected chi connectivity index (χ4v) is 3.07. The Bertz CT molecular complexity index is 533. The van der Waals surface area contributed by atoms with Gasteiger partial charge in [-0.05, 0) is 44.0 Å². The van der Waals surface area contributed by atoms with Crippen molar-refractivity contribution in [3.8, 4) is 5.69 Å². The van der Waals surface area contributed by atoms with Crippen LogP contribution in [0, 0.1) is 6.92 Å². The molecule has 1 aliphatic rings. The zero-order valence-electron chi connectivity index (χ0n) is 12.3. The number of rotatable bonds is 4. The highest BCUT2D eigenvalue weighted by Gasteiger charge is 2.13. The molecular weight excluding hydrogens is 244 g/mol. The number of hydrogen-bond donors (Lipinski definition) is 1. The van der Waals surface area contributed by atoms with Crippen molar-refractivity contribution in [2.24, 2.45) is 0 Å². The van der Waals surface area contributed by atoms with Gasteiger partial charge in [-0.1, -0.05) is 37.0 Å². The fraction of sp³-hybridized carbons (Fsp3) is 0.444. The van der Waals surface area contributed by atoms with Crippen LogP contribution in [0.3, 0.4) is 0 Å². The topological polar surface area (TPSA) is 17.0 Å². The molecule has 0 aliphatic heterocycles. The van der Waals surface area contributed by atoms with Gasteiger partial charge in [-0.15, -0.1) is 0 Å². The van der Waals surface area contributed by atoms with E-state index >= 15 is 0 Å². The standard InChI is InChI=1S/C18H24N2/c1-15-9-11-17(12-10-15)20-13-5-8-18(20)14-19-16-6-3-2-4-7-16/h5,8-13,16,19H,2-4,6-7,14H2,1H3. The Morgan fingerprint density at radius 2 is 1.80 bits per heavy atom. The molecular formula is C18H24N2. The second-order valence-electron chi connectivity index (χ2n) is 5.92. The Morgan fingerprint density at radius 1 is 1.05 bits per heavy atom. The third-order valence-corrected chi connectivity index (χ3v) is 4.32. The predicted octanol–water partition coefficient (Wildman–Crippen LogP) is 4.21. The highest BCUT2D eigenvalue weighted by atomic mass is 15.0. The average molecular weight is 268 g/mol. The Labute approximate surface area is 121 Å². The number of hydrogen-bond acceptors (Lipinski definition) is 1. The van der Waals surface area contributed by atoms with Crippen LogP contribution in [0.5, 0.6) is 0 Å². The van der Waals surface area contributed by atoms with Crippen molar-refractivity contribution < 1.29 is 0 Å². The lowest BCUT2D eigenvalue weighted by Crippen LogP contribution is -2.31. The van der Waals surface area contributed by atoms with Gasteiger partial charge in [0.15, 0.2) is 0 Å². The van der Waals surface area contributed by atoms with Crippen LogP contribution in [0.15, 0.2) is 42.6 Å². The fourth-order valence-electron chi connectivity index (χ4n) is 3.07. The molecule has 1 saturated carbocycles. The maximum Gasteiger partial charge on any atom is 0.0453 e. The summed E-state index contributed by atoms with van der Waals surface area (Å²) < 4.78 is 2.29. The summed E-state index contributed by atoms with van der Waals surface area (Å²) in [5, 5.41) is 3.72. The first kappa shape index (κ1) is 13.4. The maximum absolute atomic E-state index is 3.72. The van der Waals surface area contributed by atoms with Crippen LogP contribution in [0.25, 0.3) is 5.69 Å². The SMILES string of the molecule is Cc1ccc(-n2cccc2CNC2CCCCC2)cc1. The molecule has 1 N–H and O–H groups in total. The predicted molar refractivity (Wildman–Crippen MR) is 84.2 cm³/mol. The summed E-state index contributed by atoms with van der Waals surface area (Å²) in [5.74, 6) is 0. The molecule has 1 aliphatic carbocycles. The molecule has 1 heterocycles. The lowest BCUT2D eigenvalue weighted by atomic mass is 9.95. The van der Waals surface area contributed by atoms with E-state index in [0.29, 0.717) is 6.04 Å². The van der Waals surface area contributed by atoms with Crippen molar-refractivity contribution in [1.29, 1.82) is 0 Å². The van der Waals surface area contributed by atoms with E-state index in [1.165, 1.54) is 49.0 Å². The molecule has 0 atom stereocenters. The van der Waals surface area contributed by atoms with Crippen molar-refractivity contribution in [3.05, 3.63) is 53.9 Å². The molecule has 3 rings (SSSR count). The van der Waals surface area contributed by atoms with Crippen LogP contribution in [0.4, 0.5) is 0 Å². The third-order valence-electron chi connectivity index (χ3n) is 4.32. The second kappa shape index (κ2) is 6.27. The normalized spacial score (nSPS) is 16.4. The summed E-state index contributed by atoms with van der Waals surface area (Å²) >= 11 is 0. The van der Waals surface area contributed by atoms with E-state index in [-0.39, 0.29) is 0 Å². The summed E-state index contributed by atoms with van der Waals surface area (Å²) in [6.45, 7) is 3.09. The summed E-state index contributed by atoms with van der Waals surface area (Å²) in [6, 6.07) is 13.8. The Balaban J connectivity index is 1.68. The van der Waals surface area contributed by atoms with Gasteiger partial charge in [0, 0.05) is 30.2 Å². The quantitative estimate of drug-likeness (QED) is 0.879. The van der Waals surface area contributed by atoms with Crippen molar-refractivity contribution in [2.45, 2.75) is 51.6 Å². The van der Waals surface area contributed by atoms with Crippen molar-refractivity contribution in [3.63, 3.8) is 0 Å². The molecule has 2 nitrogen and oxygen atoms in total. The number of nitrogens with one attached hydrogen (secondary N) is 1. The van der Waals surface area contributed by atoms with Crippen molar-refractivity contribution in [1.82, 2.24) is 9.88 Å². The van der Waals surface area contributed by atoms with Crippen molar-refractivity contribution in [2.75, 3.05) is 0 Å². The van der Waals surface area contributed by atoms with E-state index < -0.39 is 0 Å². The molecule has 1 aromatic heterocycles. The van der Waals surface area contributed by atoms with E-state index in [1.54, 1.807) is 0 Å². The van der Waals surface area contributed by atoms with E-state index in [4.69, 9.17) is 0 Å². The highest BCUT2D eigenvalue weighted by Crippen LogP contribution is 2.19. The molecule has 0 spiro atoms. The van der Waals surface area contributed by atoms with Gasteiger partial charge in [0.05, 0.1) is 0 Å². The van der Waals surface area contributed by atoms with E-state index in [2.05, 4.69) is 59.4 Å². The van der Waals surface area contributed by atoms with Crippen LogP contribution >= 0.6 is 0 Å². The summed E-state index contributed by atoms with van der Waals surface area (Å²) in [4.78, 5) is 0. The van der Waals surface area contributed by atoms with Gasteiger partial charge in [-0.3, -0.25) is 0 Å². The minimum Gasteiger partial charge on any atom is -0.320 e. The number of benzene rings is 1. The molecule has 1 aromatic carbocycles. The molecule has 0 saturated heterocycles. The van der Waals surface area contributed by atoms with Gasteiger partial charge in [-0.25, -0.2) is 0 Å². The minimum absolute atomic E-state index is 0.713. The Hall–Kier alpha value is -1.54. The van der Waals surface area contributed by atoms with Gasteiger partial charge in [-0.2, -0.15) is 0 Å². The Kier molecular flexibility index (Phi) is 4.22. The van der Waals surface area contributed by atoms with Gasteiger partial charge >= 0.3 is 0 Å². The molecule has 0 bridgehead atoms. The molecule has 0 amide bonds. The monoisotopic (exact) mass is 268 g/mol. The lowest BCUT2D eigenvalue weighted by Gasteiger charge is -2.23. The summed E-state index contributed by atoms with van der Waals surface area (Å²) in [5.41, 5.74) is 3.91. The summed E-state index contributed by atoms with van der Waals surface area (Å²) in [7, 11) is 0. The van der Waals surface area contributed by atoms with E-state index in [0.717, 1.165) is 6.54 Å². The minimum atomic E-state index is 0.713. The lowest BCUT2D eigenvalue weighted by molar-refractivity contribution is 0.370. The molecule has 106 valence electrons. The van der Waals surface area contributed by atoms with Crippen molar-refractivity contribution >= 4 is 0 Å². The first-order chi connectivity index (χ1) is 9.83. The van der Waals surface area contributed by atoms with Crippen LogP contribution < -0.4 is 5.32 Å². The largest absolute Gasteiger partial charge is 0.320 e. The zero-order valence-corrected chi connectivity index (χ0v) is 12.3. The number of aryl methyl sites for hydroxylation is 1. The maximum atomic E-state index is 3.72. The average Bonchev–Trinajstić information content (AvgIpc) is 2.95.